The predicted molar refractivity (Wildman–Crippen MR) is 112 cm³/mol. The number of para-hydroxylation sites is 2. The van der Waals surface area contributed by atoms with Crippen molar-refractivity contribution in [3.05, 3.63) is 76.8 Å². The van der Waals surface area contributed by atoms with Gasteiger partial charge in [0.25, 0.3) is 5.91 Å². The predicted octanol–water partition coefficient (Wildman–Crippen LogP) is 3.24. The van der Waals surface area contributed by atoms with E-state index in [1.54, 1.807) is 48.0 Å². The molecule has 0 spiro atoms. The number of hydrogen-bond donors (Lipinski definition) is 2. The molecule has 0 saturated heterocycles. The normalized spacial score (nSPS) is 10.6. The number of thiazole rings is 1. The van der Waals surface area contributed by atoms with E-state index in [0.717, 1.165) is 11.3 Å². The van der Waals surface area contributed by atoms with Gasteiger partial charge in [0.1, 0.15) is 18.1 Å². The van der Waals surface area contributed by atoms with E-state index in [9.17, 15) is 9.59 Å². The van der Waals surface area contributed by atoms with Gasteiger partial charge in [0.2, 0.25) is 5.91 Å². The second-order valence-electron chi connectivity index (χ2n) is 5.91. The summed E-state index contributed by atoms with van der Waals surface area (Å²) in [5, 5.41) is 4.72. The zero-order valence-electron chi connectivity index (χ0n) is 15.4. The Kier molecular flexibility index (Phi) is 6.96. The lowest BCUT2D eigenvalue weighted by Gasteiger charge is -2.10. The van der Waals surface area contributed by atoms with Gasteiger partial charge in [0.15, 0.2) is 6.61 Å². The first-order valence-electron chi connectivity index (χ1n) is 8.69. The minimum Gasteiger partial charge on any atom is -0.485 e. The van der Waals surface area contributed by atoms with Crippen LogP contribution in [-0.4, -0.2) is 23.4 Å². The van der Waals surface area contributed by atoms with E-state index < -0.39 is 5.91 Å². The number of rotatable bonds is 9. The monoisotopic (exact) mass is 409 g/mol. The minimum atomic E-state index is -0.540. The molecule has 3 rings (SSSR count). The number of anilines is 1. The molecule has 148 valence electrons. The van der Waals surface area contributed by atoms with Crippen molar-refractivity contribution in [2.75, 3.05) is 11.9 Å². The average Bonchev–Trinajstić information content (AvgIpc) is 3.24. The highest BCUT2D eigenvalue weighted by Crippen LogP contribution is 2.25. The van der Waals surface area contributed by atoms with Gasteiger partial charge in [0, 0.05) is 11.5 Å². The van der Waals surface area contributed by atoms with Crippen molar-refractivity contribution < 1.29 is 19.1 Å². The molecule has 3 N–H and O–H groups in total. The first-order valence-corrected chi connectivity index (χ1v) is 9.63. The molecule has 0 radical (unpaired) electrons. The van der Waals surface area contributed by atoms with Crippen LogP contribution < -0.4 is 20.5 Å². The third-order valence-electron chi connectivity index (χ3n) is 3.69. The molecule has 0 aliphatic carbocycles. The molecule has 1 aromatic heterocycles. The van der Waals surface area contributed by atoms with Crippen molar-refractivity contribution in [1.82, 2.24) is 4.98 Å². The number of ether oxygens (including phenoxy) is 2. The lowest BCUT2D eigenvalue weighted by atomic mass is 10.2. The molecule has 0 unspecified atom stereocenters. The molecule has 0 aliphatic rings. The highest BCUT2D eigenvalue weighted by molar-refractivity contribution is 7.07. The molecular formula is C21H19N3O4S. The SMILES string of the molecule is NC(=O)COc1ccc(/C=C/C(=O)Nc2ccccc2OCc2cscn2)cc1. The number of carbonyl (C=O) groups excluding carboxylic acids is 2. The van der Waals surface area contributed by atoms with Gasteiger partial charge in [-0.15, -0.1) is 11.3 Å². The summed E-state index contributed by atoms with van der Waals surface area (Å²) in [6.07, 6.45) is 3.10. The van der Waals surface area contributed by atoms with E-state index in [-0.39, 0.29) is 12.5 Å². The Balaban J connectivity index is 1.57. The maximum absolute atomic E-state index is 12.3. The minimum absolute atomic E-state index is 0.179. The number of nitrogens with two attached hydrogens (primary N) is 1. The van der Waals surface area contributed by atoms with Crippen molar-refractivity contribution in [2.45, 2.75) is 6.61 Å². The third kappa shape index (κ3) is 6.47. The first-order chi connectivity index (χ1) is 14.1. The number of nitrogens with zero attached hydrogens (tertiary/aromatic N) is 1. The van der Waals surface area contributed by atoms with Crippen LogP contribution in [0.25, 0.3) is 6.08 Å². The highest BCUT2D eigenvalue weighted by atomic mass is 32.1. The van der Waals surface area contributed by atoms with Crippen molar-refractivity contribution >= 4 is 34.9 Å². The van der Waals surface area contributed by atoms with Gasteiger partial charge in [-0.25, -0.2) is 4.98 Å². The number of hydrogen-bond acceptors (Lipinski definition) is 6. The molecule has 29 heavy (non-hydrogen) atoms. The smallest absolute Gasteiger partial charge is 0.255 e. The van der Waals surface area contributed by atoms with Gasteiger partial charge in [-0.05, 0) is 35.9 Å². The number of carbonyl (C=O) groups is 2. The largest absolute Gasteiger partial charge is 0.485 e. The number of aromatic nitrogens is 1. The summed E-state index contributed by atoms with van der Waals surface area (Å²) in [5.74, 6) is 0.264. The van der Waals surface area contributed by atoms with Crippen LogP contribution in [-0.2, 0) is 16.2 Å². The van der Waals surface area contributed by atoms with Gasteiger partial charge < -0.3 is 20.5 Å². The summed E-state index contributed by atoms with van der Waals surface area (Å²) >= 11 is 1.50. The zero-order valence-corrected chi connectivity index (χ0v) is 16.2. The van der Waals surface area contributed by atoms with E-state index in [2.05, 4.69) is 10.3 Å². The quantitative estimate of drug-likeness (QED) is 0.528. The summed E-state index contributed by atoms with van der Waals surface area (Å²) in [7, 11) is 0. The number of primary amides is 1. The highest BCUT2D eigenvalue weighted by Gasteiger charge is 2.06. The van der Waals surface area contributed by atoms with Crippen LogP contribution in [0.5, 0.6) is 11.5 Å². The molecule has 2 aromatic carbocycles. The molecule has 8 heteroatoms. The zero-order chi connectivity index (χ0) is 20.5. The lowest BCUT2D eigenvalue weighted by Crippen LogP contribution is -2.19. The van der Waals surface area contributed by atoms with Crippen LogP contribution in [0.2, 0.25) is 0 Å². The Hall–Kier alpha value is -3.65. The fraction of sp³-hybridized carbons (Fsp3) is 0.0952. The molecule has 0 aliphatic heterocycles. The van der Waals surface area contributed by atoms with Crippen molar-refractivity contribution in [3.8, 4) is 11.5 Å². The van der Waals surface area contributed by atoms with E-state index in [1.165, 1.54) is 17.4 Å². The van der Waals surface area contributed by atoms with E-state index in [4.69, 9.17) is 15.2 Å². The molecule has 0 atom stereocenters. The Labute approximate surface area is 171 Å². The lowest BCUT2D eigenvalue weighted by molar-refractivity contribution is -0.120. The summed E-state index contributed by atoms with van der Waals surface area (Å²) in [6, 6.07) is 14.1. The average molecular weight is 409 g/mol. The molecule has 1 heterocycles. The van der Waals surface area contributed by atoms with Crippen LogP contribution in [0.4, 0.5) is 5.69 Å². The van der Waals surface area contributed by atoms with Gasteiger partial charge >= 0.3 is 0 Å². The number of nitrogens with one attached hydrogen (secondary N) is 1. The van der Waals surface area contributed by atoms with E-state index in [1.807, 2.05) is 17.5 Å². The van der Waals surface area contributed by atoms with Crippen LogP contribution in [0.3, 0.4) is 0 Å². The topological polar surface area (TPSA) is 104 Å². The molecular weight excluding hydrogens is 390 g/mol. The Morgan fingerprint density at radius 3 is 2.62 bits per heavy atom. The number of amides is 2. The van der Waals surface area contributed by atoms with Crippen LogP contribution in [0.1, 0.15) is 11.3 Å². The Morgan fingerprint density at radius 2 is 1.90 bits per heavy atom. The van der Waals surface area contributed by atoms with Gasteiger partial charge in [-0.2, -0.15) is 0 Å². The van der Waals surface area contributed by atoms with Gasteiger partial charge in [0.05, 0.1) is 16.9 Å². The third-order valence-corrected chi connectivity index (χ3v) is 4.33. The maximum Gasteiger partial charge on any atom is 0.255 e. The maximum atomic E-state index is 12.3. The summed E-state index contributed by atoms with van der Waals surface area (Å²) in [5.41, 5.74) is 9.00. The van der Waals surface area contributed by atoms with E-state index >= 15 is 0 Å². The number of benzene rings is 2. The Bertz CT molecular complexity index is 985. The molecule has 0 fully saturated rings. The molecule has 2 amide bonds. The van der Waals surface area contributed by atoms with Crippen LogP contribution >= 0.6 is 11.3 Å². The summed E-state index contributed by atoms with van der Waals surface area (Å²) in [4.78, 5) is 27.2. The van der Waals surface area contributed by atoms with E-state index in [0.29, 0.717) is 23.8 Å². The van der Waals surface area contributed by atoms with Crippen LogP contribution in [0.15, 0.2) is 65.5 Å². The Morgan fingerprint density at radius 1 is 1.10 bits per heavy atom. The van der Waals surface area contributed by atoms with Crippen molar-refractivity contribution in [2.24, 2.45) is 5.73 Å². The second kappa shape index (κ2) is 10.0. The second-order valence-corrected chi connectivity index (χ2v) is 6.63. The molecule has 7 nitrogen and oxygen atoms in total. The van der Waals surface area contributed by atoms with Crippen molar-refractivity contribution in [1.29, 1.82) is 0 Å². The van der Waals surface area contributed by atoms with Crippen LogP contribution in [0, 0.1) is 0 Å². The van der Waals surface area contributed by atoms with Crippen molar-refractivity contribution in [3.63, 3.8) is 0 Å². The fourth-order valence-electron chi connectivity index (χ4n) is 2.33. The summed E-state index contributed by atoms with van der Waals surface area (Å²) in [6.45, 7) is 0.151. The fourth-order valence-corrected chi connectivity index (χ4v) is 2.88. The standard InChI is InChI=1S/C21H19N3O4S/c22-20(25)12-27-17-8-5-15(6-9-17)7-10-21(26)24-18-3-1-2-4-19(18)28-11-16-13-29-14-23-16/h1-10,13-14H,11-12H2,(H2,22,25)(H,24,26)/b10-7+. The molecule has 0 bridgehead atoms. The first kappa shape index (κ1) is 20.1. The van der Waals surface area contributed by atoms with Gasteiger partial charge in [-0.1, -0.05) is 24.3 Å². The molecule has 3 aromatic rings. The summed E-state index contributed by atoms with van der Waals surface area (Å²) < 4.78 is 11.0. The van der Waals surface area contributed by atoms with Gasteiger partial charge in [-0.3, -0.25) is 9.59 Å². The molecule has 0 saturated carbocycles.